The van der Waals surface area contributed by atoms with Crippen molar-refractivity contribution in [3.63, 3.8) is 0 Å². The molecule has 3 heterocycles. The molecule has 1 saturated carbocycles. The highest BCUT2D eigenvalue weighted by Crippen LogP contribution is 2.23. The van der Waals surface area contributed by atoms with E-state index in [0.29, 0.717) is 38.8 Å². The van der Waals surface area contributed by atoms with E-state index in [2.05, 4.69) is 20.4 Å². The van der Waals surface area contributed by atoms with Gasteiger partial charge in [0.15, 0.2) is 22.9 Å². The third-order valence-corrected chi connectivity index (χ3v) is 4.83. The second-order valence-electron chi connectivity index (χ2n) is 6.93. The van der Waals surface area contributed by atoms with Gasteiger partial charge in [-0.15, -0.1) is 0 Å². The molecule has 1 fully saturated rings. The van der Waals surface area contributed by atoms with Crippen molar-refractivity contribution in [2.75, 3.05) is 5.32 Å². The molecule has 9 heteroatoms. The van der Waals surface area contributed by atoms with Gasteiger partial charge in [0.1, 0.15) is 5.82 Å². The van der Waals surface area contributed by atoms with Crippen molar-refractivity contribution < 1.29 is 10.2 Å². The van der Waals surface area contributed by atoms with Crippen molar-refractivity contribution in [2.24, 2.45) is 4.99 Å². The van der Waals surface area contributed by atoms with E-state index < -0.39 is 0 Å². The van der Waals surface area contributed by atoms with E-state index in [4.69, 9.17) is 16.6 Å². The smallest absolute Gasteiger partial charge is 0.198 e. The van der Waals surface area contributed by atoms with Crippen molar-refractivity contribution in [2.45, 2.75) is 18.9 Å². The first-order valence-corrected chi connectivity index (χ1v) is 9.51. The van der Waals surface area contributed by atoms with E-state index in [9.17, 15) is 10.2 Å². The zero-order chi connectivity index (χ0) is 20.0. The van der Waals surface area contributed by atoms with E-state index in [1.165, 1.54) is 6.07 Å². The molecule has 4 aromatic rings. The number of H-pyrrole nitrogens is 1. The van der Waals surface area contributed by atoms with Gasteiger partial charge < -0.3 is 15.5 Å². The summed E-state index contributed by atoms with van der Waals surface area (Å²) in [6.07, 6.45) is 5.50. The molecule has 8 nitrogen and oxygen atoms in total. The lowest BCUT2D eigenvalue weighted by Crippen LogP contribution is -2.19. The van der Waals surface area contributed by atoms with Crippen LogP contribution in [0.2, 0.25) is 5.02 Å². The van der Waals surface area contributed by atoms with E-state index >= 15 is 0 Å². The second kappa shape index (κ2) is 6.82. The number of fused-ring (bicyclic) bond motifs is 1. The van der Waals surface area contributed by atoms with Gasteiger partial charge in [-0.2, -0.15) is 9.61 Å². The molecule has 0 radical (unpaired) electrons. The van der Waals surface area contributed by atoms with Gasteiger partial charge in [0.2, 0.25) is 0 Å². The second-order valence-corrected chi connectivity index (χ2v) is 7.37. The summed E-state index contributed by atoms with van der Waals surface area (Å²) in [6.45, 7) is 0. The number of anilines is 2. The van der Waals surface area contributed by atoms with Crippen LogP contribution in [0.5, 0.6) is 11.8 Å². The topological polar surface area (TPSA) is 111 Å². The van der Waals surface area contributed by atoms with Gasteiger partial charge in [0.25, 0.3) is 0 Å². The number of hydrogen-bond donors (Lipinski definition) is 4. The van der Waals surface area contributed by atoms with Crippen LogP contribution in [0.1, 0.15) is 18.4 Å². The van der Waals surface area contributed by atoms with Crippen LogP contribution in [0.4, 0.5) is 11.5 Å². The summed E-state index contributed by atoms with van der Waals surface area (Å²) in [5.74, 6) is 0.378. The molecule has 3 aromatic heterocycles. The summed E-state index contributed by atoms with van der Waals surface area (Å²) < 4.78 is 1.68. The Balaban J connectivity index is 1.66. The predicted octanol–water partition coefficient (Wildman–Crippen LogP) is 2.48. The zero-order valence-electron chi connectivity index (χ0n) is 15.2. The highest BCUT2D eigenvalue weighted by Gasteiger charge is 2.20. The Morgan fingerprint density at radius 2 is 2.00 bits per heavy atom. The number of hydrogen-bond acceptors (Lipinski definition) is 6. The van der Waals surface area contributed by atoms with Crippen LogP contribution in [0.15, 0.2) is 47.6 Å². The van der Waals surface area contributed by atoms with Crippen LogP contribution in [0.3, 0.4) is 0 Å². The number of aromatic nitrogens is 4. The largest absolute Gasteiger partial charge is 0.494 e. The Bertz CT molecular complexity index is 1320. The van der Waals surface area contributed by atoms with Crippen LogP contribution in [-0.4, -0.2) is 35.8 Å². The molecule has 1 aliphatic rings. The standard InChI is InChI=1S/C20H17ClN6O2/c21-13-1-3-14(4-2-13)23-16-9-17(24-15-5-6-15)27-19(25-16)12(10-22-27)7-11-8-18(28)26-20(11)29/h1-4,7-10,15,23,26,28-29H,5-6H2. The van der Waals surface area contributed by atoms with Gasteiger partial charge in [0, 0.05) is 33.6 Å². The number of aromatic amines is 1. The zero-order valence-corrected chi connectivity index (χ0v) is 15.9. The van der Waals surface area contributed by atoms with Crippen LogP contribution < -0.4 is 16.0 Å². The molecule has 0 atom stereocenters. The number of nitrogens with zero attached hydrogens (tertiary/aromatic N) is 4. The molecular formula is C20H17ClN6O2. The fourth-order valence-electron chi connectivity index (χ4n) is 3.02. The number of aromatic hydroxyl groups is 2. The third-order valence-electron chi connectivity index (χ3n) is 4.58. The summed E-state index contributed by atoms with van der Waals surface area (Å²) >= 11 is 5.96. The Labute approximate surface area is 169 Å². The Hall–Kier alpha value is -3.52. The summed E-state index contributed by atoms with van der Waals surface area (Å²) in [7, 11) is 0. The Kier molecular flexibility index (Phi) is 4.13. The van der Waals surface area contributed by atoms with E-state index in [1.54, 1.807) is 28.9 Å². The van der Waals surface area contributed by atoms with Crippen molar-refractivity contribution in [3.05, 3.63) is 63.9 Å². The monoisotopic (exact) mass is 408 g/mol. The first-order valence-electron chi connectivity index (χ1n) is 9.13. The molecule has 5 rings (SSSR count). The molecule has 0 bridgehead atoms. The summed E-state index contributed by atoms with van der Waals surface area (Å²) in [5.41, 5.74) is 2.58. The molecule has 4 N–H and O–H groups in total. The van der Waals surface area contributed by atoms with Crippen LogP contribution in [-0.2, 0) is 0 Å². The molecule has 146 valence electrons. The average molecular weight is 409 g/mol. The fourth-order valence-corrected chi connectivity index (χ4v) is 3.14. The van der Waals surface area contributed by atoms with Crippen molar-refractivity contribution in [1.82, 2.24) is 19.6 Å². The quantitative estimate of drug-likeness (QED) is 0.414. The predicted molar refractivity (Wildman–Crippen MR) is 109 cm³/mol. The molecule has 29 heavy (non-hydrogen) atoms. The Morgan fingerprint density at radius 3 is 2.69 bits per heavy atom. The van der Waals surface area contributed by atoms with E-state index in [-0.39, 0.29) is 11.8 Å². The van der Waals surface area contributed by atoms with Gasteiger partial charge in [-0.1, -0.05) is 11.6 Å². The van der Waals surface area contributed by atoms with Crippen LogP contribution >= 0.6 is 11.6 Å². The molecule has 0 unspecified atom stereocenters. The molecule has 1 aliphatic carbocycles. The number of nitrogens with one attached hydrogen (secondary N) is 2. The number of halogens is 1. The molecule has 1 aromatic carbocycles. The number of rotatable bonds is 4. The number of benzene rings is 1. The molecule has 0 amide bonds. The lowest BCUT2D eigenvalue weighted by Gasteiger charge is -2.06. The molecule has 0 spiro atoms. The fraction of sp³-hybridized carbons (Fsp3) is 0.150. The van der Waals surface area contributed by atoms with Gasteiger partial charge in [-0.05, 0) is 43.2 Å². The summed E-state index contributed by atoms with van der Waals surface area (Å²) in [6, 6.07) is 11.0. The Morgan fingerprint density at radius 1 is 1.21 bits per heavy atom. The van der Waals surface area contributed by atoms with E-state index in [0.717, 1.165) is 18.5 Å². The van der Waals surface area contributed by atoms with Crippen molar-refractivity contribution in [3.8, 4) is 11.8 Å². The first kappa shape index (κ1) is 17.6. The minimum absolute atomic E-state index is 0.118. The van der Waals surface area contributed by atoms with Crippen molar-refractivity contribution in [1.29, 1.82) is 0 Å². The van der Waals surface area contributed by atoms with Gasteiger partial charge >= 0.3 is 0 Å². The average Bonchev–Trinajstić information content (AvgIpc) is 3.33. The van der Waals surface area contributed by atoms with Crippen molar-refractivity contribution >= 4 is 34.8 Å². The third kappa shape index (κ3) is 3.62. The minimum Gasteiger partial charge on any atom is -0.494 e. The lowest BCUT2D eigenvalue weighted by molar-refractivity contribution is 0.425. The normalized spacial score (nSPS) is 15.3. The maximum absolute atomic E-state index is 9.92. The minimum atomic E-state index is -0.125. The summed E-state index contributed by atoms with van der Waals surface area (Å²) in [4.78, 5) is 11.9. The summed E-state index contributed by atoms with van der Waals surface area (Å²) in [5, 5.41) is 28.5. The van der Waals surface area contributed by atoms with Gasteiger partial charge in [-0.3, -0.25) is 9.98 Å². The van der Waals surface area contributed by atoms with E-state index in [1.807, 2.05) is 18.2 Å². The molecule has 0 saturated heterocycles. The SMILES string of the molecule is Oc1cc(C=c2cnn3c(=NC4CC4)cc(Nc4ccc(Cl)cc4)nc23)c(O)[nH]1. The van der Waals surface area contributed by atoms with Crippen LogP contribution in [0, 0.1) is 0 Å². The molecular weight excluding hydrogens is 392 g/mol. The lowest BCUT2D eigenvalue weighted by atomic mass is 10.2. The van der Waals surface area contributed by atoms with Crippen LogP contribution in [0.25, 0.3) is 11.7 Å². The van der Waals surface area contributed by atoms with Gasteiger partial charge in [-0.25, -0.2) is 4.98 Å². The maximum Gasteiger partial charge on any atom is 0.198 e. The molecule has 0 aliphatic heterocycles. The first-order chi connectivity index (χ1) is 14.0. The highest BCUT2D eigenvalue weighted by atomic mass is 35.5. The van der Waals surface area contributed by atoms with Gasteiger partial charge in [0.05, 0.1) is 12.2 Å². The highest BCUT2D eigenvalue weighted by molar-refractivity contribution is 6.30. The maximum atomic E-state index is 9.92.